The van der Waals surface area contributed by atoms with Crippen molar-refractivity contribution in [2.45, 2.75) is 32.2 Å². The van der Waals surface area contributed by atoms with Gasteiger partial charge in [-0.15, -0.1) is 0 Å². The van der Waals surface area contributed by atoms with Gasteiger partial charge >= 0.3 is 0 Å². The van der Waals surface area contributed by atoms with Crippen molar-refractivity contribution in [3.05, 3.63) is 64.2 Å². The van der Waals surface area contributed by atoms with E-state index >= 15 is 0 Å². The highest BCUT2D eigenvalue weighted by Crippen LogP contribution is 2.22. The lowest BCUT2D eigenvalue weighted by atomic mass is 10.0. The van der Waals surface area contributed by atoms with Gasteiger partial charge in [0, 0.05) is 38.3 Å². The molecule has 1 heterocycles. The first-order valence-corrected chi connectivity index (χ1v) is 10.9. The van der Waals surface area contributed by atoms with Crippen molar-refractivity contribution in [3.8, 4) is 0 Å². The molecule has 1 amide bonds. The van der Waals surface area contributed by atoms with Gasteiger partial charge in [-0.25, -0.2) is 13.6 Å². The number of rotatable bonds is 4. The maximum Gasteiger partial charge on any atom is 0.253 e. The first kappa shape index (κ1) is 20.5. The monoisotopic (exact) mass is 401 g/mol. The van der Waals surface area contributed by atoms with E-state index in [4.69, 9.17) is 5.14 Å². The van der Waals surface area contributed by atoms with Crippen molar-refractivity contribution >= 4 is 15.9 Å². The molecule has 1 aliphatic heterocycles. The molecule has 3 rings (SSSR count). The SMILES string of the molecule is Cc1ccccc1CN1CCN(C(=O)c2cc(C)c(C)c(S(N)(=O)=O)c2)CC1. The van der Waals surface area contributed by atoms with Crippen molar-refractivity contribution in [3.63, 3.8) is 0 Å². The Morgan fingerprint density at radius 2 is 1.64 bits per heavy atom. The summed E-state index contributed by atoms with van der Waals surface area (Å²) in [4.78, 5) is 17.1. The first-order valence-electron chi connectivity index (χ1n) is 9.37. The molecule has 0 radical (unpaired) electrons. The highest BCUT2D eigenvalue weighted by atomic mass is 32.2. The van der Waals surface area contributed by atoms with Gasteiger partial charge in [-0.3, -0.25) is 9.69 Å². The average Bonchev–Trinajstić information content (AvgIpc) is 2.65. The Hall–Kier alpha value is -2.22. The van der Waals surface area contributed by atoms with Gasteiger partial charge in [0.15, 0.2) is 0 Å². The average molecular weight is 402 g/mol. The van der Waals surface area contributed by atoms with Gasteiger partial charge in [0.2, 0.25) is 10.0 Å². The smallest absolute Gasteiger partial charge is 0.253 e. The molecule has 0 spiro atoms. The predicted octanol–water partition coefficient (Wildman–Crippen LogP) is 2.22. The molecule has 0 saturated carbocycles. The summed E-state index contributed by atoms with van der Waals surface area (Å²) in [6.45, 7) is 9.27. The van der Waals surface area contributed by atoms with Gasteiger partial charge in [0.05, 0.1) is 4.90 Å². The van der Waals surface area contributed by atoms with Crippen LogP contribution in [0, 0.1) is 20.8 Å². The molecular weight excluding hydrogens is 374 g/mol. The van der Waals surface area contributed by atoms with Crippen molar-refractivity contribution in [2.75, 3.05) is 26.2 Å². The van der Waals surface area contributed by atoms with Crippen LogP contribution in [0.4, 0.5) is 0 Å². The number of piperazine rings is 1. The van der Waals surface area contributed by atoms with Crippen molar-refractivity contribution in [1.29, 1.82) is 0 Å². The number of carbonyl (C=O) groups excluding carboxylic acids is 1. The second kappa shape index (κ2) is 8.03. The van der Waals surface area contributed by atoms with E-state index in [1.165, 1.54) is 17.2 Å². The number of amides is 1. The molecule has 150 valence electrons. The van der Waals surface area contributed by atoms with Crippen LogP contribution in [0.1, 0.15) is 32.6 Å². The molecule has 0 bridgehead atoms. The molecule has 2 aromatic carbocycles. The molecule has 1 fully saturated rings. The van der Waals surface area contributed by atoms with E-state index in [0.29, 0.717) is 24.2 Å². The van der Waals surface area contributed by atoms with Crippen LogP contribution in [-0.2, 0) is 16.6 Å². The van der Waals surface area contributed by atoms with E-state index in [1.807, 2.05) is 12.1 Å². The molecule has 1 saturated heterocycles. The van der Waals surface area contributed by atoms with E-state index in [-0.39, 0.29) is 10.8 Å². The number of primary sulfonamides is 1. The van der Waals surface area contributed by atoms with Gasteiger partial charge in [-0.05, 0) is 55.2 Å². The molecular formula is C21H27N3O3S. The molecule has 28 heavy (non-hydrogen) atoms. The highest BCUT2D eigenvalue weighted by Gasteiger charge is 2.24. The van der Waals surface area contributed by atoms with E-state index in [9.17, 15) is 13.2 Å². The minimum atomic E-state index is -3.87. The lowest BCUT2D eigenvalue weighted by molar-refractivity contribution is 0.0628. The third-order valence-electron chi connectivity index (χ3n) is 5.49. The molecule has 0 unspecified atom stereocenters. The minimum Gasteiger partial charge on any atom is -0.336 e. The summed E-state index contributed by atoms with van der Waals surface area (Å²) >= 11 is 0. The number of benzene rings is 2. The Kier molecular flexibility index (Phi) is 5.88. The molecule has 6 nitrogen and oxygen atoms in total. The summed E-state index contributed by atoms with van der Waals surface area (Å²) in [6.07, 6.45) is 0. The molecule has 0 aliphatic carbocycles. The van der Waals surface area contributed by atoms with Gasteiger partial charge in [-0.1, -0.05) is 24.3 Å². The van der Waals surface area contributed by atoms with Gasteiger partial charge in [-0.2, -0.15) is 0 Å². The maximum atomic E-state index is 12.9. The molecule has 2 N–H and O–H groups in total. The maximum absolute atomic E-state index is 12.9. The van der Waals surface area contributed by atoms with Crippen LogP contribution in [0.15, 0.2) is 41.3 Å². The summed E-state index contributed by atoms with van der Waals surface area (Å²) in [5, 5.41) is 5.32. The zero-order valence-corrected chi connectivity index (χ0v) is 17.4. The summed E-state index contributed by atoms with van der Waals surface area (Å²) < 4.78 is 23.7. The fourth-order valence-electron chi connectivity index (χ4n) is 3.57. The Balaban J connectivity index is 1.70. The van der Waals surface area contributed by atoms with Crippen LogP contribution >= 0.6 is 0 Å². The van der Waals surface area contributed by atoms with E-state index in [1.54, 1.807) is 24.8 Å². The zero-order chi connectivity index (χ0) is 20.5. The number of hydrogen-bond acceptors (Lipinski definition) is 4. The van der Waals surface area contributed by atoms with E-state index in [2.05, 4.69) is 24.0 Å². The normalized spacial score (nSPS) is 15.6. The first-order chi connectivity index (χ1) is 13.2. The fourth-order valence-corrected chi connectivity index (χ4v) is 4.45. The summed E-state index contributed by atoms with van der Waals surface area (Å²) in [7, 11) is -3.87. The van der Waals surface area contributed by atoms with Crippen LogP contribution in [-0.4, -0.2) is 50.3 Å². The van der Waals surface area contributed by atoms with Crippen LogP contribution in [0.5, 0.6) is 0 Å². The lowest BCUT2D eigenvalue weighted by Gasteiger charge is -2.35. The third kappa shape index (κ3) is 4.43. The quantitative estimate of drug-likeness (QED) is 0.851. The summed E-state index contributed by atoms with van der Waals surface area (Å²) in [5.74, 6) is -0.149. The second-order valence-electron chi connectivity index (χ2n) is 7.46. The van der Waals surface area contributed by atoms with E-state index in [0.717, 1.165) is 25.2 Å². The predicted molar refractivity (Wildman–Crippen MR) is 110 cm³/mol. The van der Waals surface area contributed by atoms with Gasteiger partial charge in [0.25, 0.3) is 5.91 Å². The van der Waals surface area contributed by atoms with Crippen molar-refractivity contribution in [1.82, 2.24) is 9.80 Å². The summed E-state index contributed by atoms with van der Waals surface area (Å²) in [5.41, 5.74) is 4.27. The summed E-state index contributed by atoms with van der Waals surface area (Å²) in [6, 6.07) is 11.5. The van der Waals surface area contributed by atoms with Gasteiger partial charge < -0.3 is 4.90 Å². The van der Waals surface area contributed by atoms with Crippen LogP contribution in [0.3, 0.4) is 0 Å². The number of aryl methyl sites for hydroxylation is 2. The molecule has 2 aromatic rings. The Morgan fingerprint density at radius 1 is 1.00 bits per heavy atom. The van der Waals surface area contributed by atoms with Crippen LogP contribution in [0.2, 0.25) is 0 Å². The minimum absolute atomic E-state index is 0.0223. The Labute approximate surface area is 167 Å². The third-order valence-corrected chi connectivity index (χ3v) is 6.52. The number of sulfonamides is 1. The molecule has 1 aliphatic rings. The molecule has 7 heteroatoms. The van der Waals surface area contributed by atoms with Gasteiger partial charge in [0.1, 0.15) is 0 Å². The molecule has 0 atom stereocenters. The van der Waals surface area contributed by atoms with Crippen LogP contribution < -0.4 is 5.14 Å². The Morgan fingerprint density at radius 3 is 2.25 bits per heavy atom. The molecule has 0 aromatic heterocycles. The van der Waals surface area contributed by atoms with Crippen molar-refractivity contribution < 1.29 is 13.2 Å². The topological polar surface area (TPSA) is 83.7 Å². The van der Waals surface area contributed by atoms with Crippen molar-refractivity contribution in [2.24, 2.45) is 5.14 Å². The standard InChI is InChI=1S/C21H27N3O3S/c1-15-6-4-5-7-18(15)14-23-8-10-24(11-9-23)21(25)19-12-16(2)17(3)20(13-19)28(22,26)27/h4-7,12-13H,8-11,14H2,1-3H3,(H2,22,26,27). The Bertz CT molecular complexity index is 994. The lowest BCUT2D eigenvalue weighted by Crippen LogP contribution is -2.48. The van der Waals surface area contributed by atoms with Crippen LogP contribution in [0.25, 0.3) is 0 Å². The fraction of sp³-hybridized carbons (Fsp3) is 0.381. The second-order valence-corrected chi connectivity index (χ2v) is 8.99. The highest BCUT2D eigenvalue weighted by molar-refractivity contribution is 7.89. The number of nitrogens with two attached hydrogens (primary N) is 1. The number of nitrogens with zero attached hydrogens (tertiary/aromatic N) is 2. The number of hydrogen-bond donors (Lipinski definition) is 1. The van der Waals surface area contributed by atoms with E-state index < -0.39 is 10.0 Å². The number of carbonyl (C=O) groups is 1. The zero-order valence-electron chi connectivity index (χ0n) is 16.6. The largest absolute Gasteiger partial charge is 0.336 e.